The standard InChI is InChI=1S/C10H14N2O.C2H6/c1-3-8-5-4-6-9(7-8)12-10(13)11-2;1-2/h4-7H,3H2,1-2H3,(H2,11,12,13);1-2H3. The van der Waals surface area contributed by atoms with E-state index in [1.54, 1.807) is 7.05 Å². The zero-order valence-corrected chi connectivity index (χ0v) is 9.92. The largest absolute Gasteiger partial charge is 0.341 e. The Kier molecular flexibility index (Phi) is 7.06. The topological polar surface area (TPSA) is 41.1 Å². The summed E-state index contributed by atoms with van der Waals surface area (Å²) in [4.78, 5) is 11.0. The maximum absolute atomic E-state index is 11.0. The minimum Gasteiger partial charge on any atom is -0.341 e. The Labute approximate surface area is 91.9 Å². The van der Waals surface area contributed by atoms with Crippen LogP contribution in [0.4, 0.5) is 10.5 Å². The van der Waals surface area contributed by atoms with Crippen LogP contribution in [0.3, 0.4) is 0 Å². The van der Waals surface area contributed by atoms with E-state index in [1.807, 2.05) is 38.1 Å². The summed E-state index contributed by atoms with van der Waals surface area (Å²) in [6.45, 7) is 6.08. The van der Waals surface area contributed by atoms with Crippen molar-refractivity contribution in [3.05, 3.63) is 29.8 Å². The van der Waals surface area contributed by atoms with Crippen LogP contribution in [-0.2, 0) is 6.42 Å². The van der Waals surface area contributed by atoms with Gasteiger partial charge in [-0.25, -0.2) is 4.79 Å². The van der Waals surface area contributed by atoms with E-state index in [9.17, 15) is 4.79 Å². The third-order valence-corrected chi connectivity index (χ3v) is 1.82. The van der Waals surface area contributed by atoms with Crippen molar-refractivity contribution in [3.63, 3.8) is 0 Å². The molecule has 0 aliphatic heterocycles. The third kappa shape index (κ3) is 5.05. The van der Waals surface area contributed by atoms with Gasteiger partial charge in [-0.05, 0) is 24.1 Å². The average Bonchev–Trinajstić information content (AvgIpc) is 2.31. The Morgan fingerprint density at radius 3 is 2.53 bits per heavy atom. The first-order valence-electron chi connectivity index (χ1n) is 5.34. The van der Waals surface area contributed by atoms with Crippen molar-refractivity contribution in [2.45, 2.75) is 27.2 Å². The summed E-state index contributed by atoms with van der Waals surface area (Å²) in [5, 5.41) is 5.22. The number of anilines is 1. The lowest BCUT2D eigenvalue weighted by Gasteiger charge is -2.05. The highest BCUT2D eigenvalue weighted by molar-refractivity contribution is 5.89. The molecule has 0 heterocycles. The summed E-state index contributed by atoms with van der Waals surface area (Å²) < 4.78 is 0. The van der Waals surface area contributed by atoms with Crippen molar-refractivity contribution in [2.75, 3.05) is 12.4 Å². The Bertz CT molecular complexity index is 297. The summed E-state index contributed by atoms with van der Waals surface area (Å²) in [7, 11) is 1.60. The number of benzene rings is 1. The van der Waals surface area contributed by atoms with Gasteiger partial charge in [0.1, 0.15) is 0 Å². The fraction of sp³-hybridized carbons (Fsp3) is 0.417. The molecule has 3 nitrogen and oxygen atoms in total. The van der Waals surface area contributed by atoms with Crippen LogP contribution in [0, 0.1) is 0 Å². The molecule has 0 aromatic heterocycles. The van der Waals surface area contributed by atoms with Crippen molar-refractivity contribution in [1.29, 1.82) is 0 Å². The minimum atomic E-state index is -0.187. The maximum Gasteiger partial charge on any atom is 0.318 e. The number of aryl methyl sites for hydroxylation is 1. The molecule has 0 bridgehead atoms. The second-order valence-electron chi connectivity index (χ2n) is 2.76. The molecule has 0 fully saturated rings. The van der Waals surface area contributed by atoms with Crippen LogP contribution in [0.2, 0.25) is 0 Å². The van der Waals surface area contributed by atoms with Crippen LogP contribution >= 0.6 is 0 Å². The molecular weight excluding hydrogens is 188 g/mol. The van der Waals surface area contributed by atoms with Crippen LogP contribution in [0.15, 0.2) is 24.3 Å². The molecule has 15 heavy (non-hydrogen) atoms. The van der Waals surface area contributed by atoms with Gasteiger partial charge >= 0.3 is 6.03 Å². The van der Waals surface area contributed by atoms with Gasteiger partial charge in [0.05, 0.1) is 0 Å². The summed E-state index contributed by atoms with van der Waals surface area (Å²) in [6, 6.07) is 7.62. The Hall–Kier alpha value is -1.51. The first-order chi connectivity index (χ1) is 7.26. The highest BCUT2D eigenvalue weighted by Crippen LogP contribution is 2.10. The monoisotopic (exact) mass is 208 g/mol. The van der Waals surface area contributed by atoms with Gasteiger partial charge in [0.15, 0.2) is 0 Å². The second kappa shape index (κ2) is 7.85. The van der Waals surface area contributed by atoms with Crippen molar-refractivity contribution in [2.24, 2.45) is 0 Å². The average molecular weight is 208 g/mol. The zero-order valence-electron chi connectivity index (χ0n) is 9.92. The van der Waals surface area contributed by atoms with E-state index >= 15 is 0 Å². The van der Waals surface area contributed by atoms with Gasteiger partial charge in [0.2, 0.25) is 0 Å². The quantitative estimate of drug-likeness (QED) is 0.770. The number of carbonyl (C=O) groups is 1. The zero-order chi connectivity index (χ0) is 11.7. The predicted molar refractivity (Wildman–Crippen MR) is 65.2 cm³/mol. The van der Waals surface area contributed by atoms with Crippen LogP contribution in [0.1, 0.15) is 26.3 Å². The number of hydrogen-bond acceptors (Lipinski definition) is 1. The van der Waals surface area contributed by atoms with Gasteiger partial charge in [0.25, 0.3) is 0 Å². The molecule has 0 atom stereocenters. The number of amides is 2. The van der Waals surface area contributed by atoms with Crippen molar-refractivity contribution in [3.8, 4) is 0 Å². The molecule has 1 rings (SSSR count). The number of urea groups is 1. The van der Waals surface area contributed by atoms with Gasteiger partial charge in [0, 0.05) is 12.7 Å². The first-order valence-corrected chi connectivity index (χ1v) is 5.34. The van der Waals surface area contributed by atoms with E-state index in [0.717, 1.165) is 12.1 Å². The molecule has 0 spiro atoms. The molecule has 0 saturated carbocycles. The van der Waals surface area contributed by atoms with Gasteiger partial charge in [-0.3, -0.25) is 0 Å². The molecule has 0 radical (unpaired) electrons. The fourth-order valence-corrected chi connectivity index (χ4v) is 1.06. The lowest BCUT2D eigenvalue weighted by Crippen LogP contribution is -2.24. The highest BCUT2D eigenvalue weighted by Gasteiger charge is 1.97. The summed E-state index contributed by atoms with van der Waals surface area (Å²) in [6.07, 6.45) is 0.975. The molecule has 0 aliphatic rings. The molecule has 3 heteroatoms. The molecule has 84 valence electrons. The second-order valence-corrected chi connectivity index (χ2v) is 2.76. The Morgan fingerprint density at radius 2 is 2.00 bits per heavy atom. The summed E-state index contributed by atoms with van der Waals surface area (Å²) in [5.74, 6) is 0. The number of rotatable bonds is 2. The van der Waals surface area contributed by atoms with Crippen molar-refractivity contribution >= 4 is 11.7 Å². The molecule has 0 saturated heterocycles. The predicted octanol–water partition coefficient (Wildman–Crippen LogP) is 3.03. The number of hydrogen-bond donors (Lipinski definition) is 2. The molecule has 2 amide bonds. The fourth-order valence-electron chi connectivity index (χ4n) is 1.06. The number of nitrogens with one attached hydrogen (secondary N) is 2. The van der Waals surface area contributed by atoms with Gasteiger partial charge in [-0.15, -0.1) is 0 Å². The van der Waals surface area contributed by atoms with Gasteiger partial charge in [-0.1, -0.05) is 32.9 Å². The first kappa shape index (κ1) is 13.5. The van der Waals surface area contributed by atoms with E-state index in [4.69, 9.17) is 0 Å². The molecular formula is C12H20N2O. The van der Waals surface area contributed by atoms with E-state index in [0.29, 0.717) is 0 Å². The molecule has 0 aliphatic carbocycles. The SMILES string of the molecule is CC.CCc1cccc(NC(=O)NC)c1. The summed E-state index contributed by atoms with van der Waals surface area (Å²) in [5.41, 5.74) is 2.05. The molecule has 0 unspecified atom stereocenters. The van der Waals surface area contributed by atoms with Gasteiger partial charge in [-0.2, -0.15) is 0 Å². The van der Waals surface area contributed by atoms with Crippen LogP contribution in [0.5, 0.6) is 0 Å². The van der Waals surface area contributed by atoms with Crippen molar-refractivity contribution < 1.29 is 4.79 Å². The van der Waals surface area contributed by atoms with E-state index < -0.39 is 0 Å². The van der Waals surface area contributed by atoms with E-state index in [-0.39, 0.29) is 6.03 Å². The molecule has 1 aromatic carbocycles. The van der Waals surface area contributed by atoms with Crippen molar-refractivity contribution in [1.82, 2.24) is 5.32 Å². The molecule has 2 N–H and O–H groups in total. The lowest BCUT2D eigenvalue weighted by molar-refractivity contribution is 0.254. The Balaban J connectivity index is 0.000000921. The Morgan fingerprint density at radius 1 is 1.33 bits per heavy atom. The maximum atomic E-state index is 11.0. The normalized spacial score (nSPS) is 8.53. The van der Waals surface area contributed by atoms with Crippen LogP contribution in [-0.4, -0.2) is 13.1 Å². The summed E-state index contributed by atoms with van der Waals surface area (Å²) >= 11 is 0. The highest BCUT2D eigenvalue weighted by atomic mass is 16.2. The van der Waals surface area contributed by atoms with E-state index in [2.05, 4.69) is 17.6 Å². The number of carbonyl (C=O) groups excluding carboxylic acids is 1. The smallest absolute Gasteiger partial charge is 0.318 e. The minimum absolute atomic E-state index is 0.187. The van der Waals surface area contributed by atoms with Crippen LogP contribution < -0.4 is 10.6 Å². The lowest BCUT2D eigenvalue weighted by atomic mass is 10.1. The third-order valence-electron chi connectivity index (χ3n) is 1.82. The van der Waals surface area contributed by atoms with Crippen LogP contribution in [0.25, 0.3) is 0 Å². The van der Waals surface area contributed by atoms with E-state index in [1.165, 1.54) is 5.56 Å². The van der Waals surface area contributed by atoms with Gasteiger partial charge < -0.3 is 10.6 Å². The molecule has 1 aromatic rings.